The molecule has 0 radical (unpaired) electrons. The van der Waals surface area contributed by atoms with E-state index in [-0.39, 0.29) is 0 Å². The molecule has 0 atom stereocenters. The minimum Gasteiger partial charge on any atom is -0.381 e. The van der Waals surface area contributed by atoms with Crippen LogP contribution in [-0.2, 0) is 11.3 Å². The molecule has 2 aromatic rings. The van der Waals surface area contributed by atoms with E-state index in [1.54, 1.807) is 0 Å². The van der Waals surface area contributed by atoms with Crippen molar-refractivity contribution in [3.63, 3.8) is 0 Å². The summed E-state index contributed by atoms with van der Waals surface area (Å²) in [4.78, 5) is 4.59. The van der Waals surface area contributed by atoms with Gasteiger partial charge in [-0.2, -0.15) is 0 Å². The van der Waals surface area contributed by atoms with Crippen molar-refractivity contribution in [2.24, 2.45) is 0 Å². The number of nitrogens with one attached hydrogen (secondary N) is 1. The highest BCUT2D eigenvalue weighted by Gasteiger charge is 2.13. The third-order valence-corrected chi connectivity index (χ3v) is 3.84. The molecule has 3 rings (SSSR count). The third kappa shape index (κ3) is 2.80. The fraction of sp³-hybridized carbons (Fsp3) is 0.533. The van der Waals surface area contributed by atoms with Crippen LogP contribution in [0.15, 0.2) is 24.3 Å². The molecule has 1 aromatic carbocycles. The molecule has 4 nitrogen and oxygen atoms in total. The van der Waals surface area contributed by atoms with Crippen molar-refractivity contribution >= 4 is 11.0 Å². The maximum Gasteiger partial charge on any atom is 0.106 e. The first-order valence-electron chi connectivity index (χ1n) is 7.07. The lowest BCUT2D eigenvalue weighted by atomic mass is 10.1. The Bertz CT molecular complexity index is 543. The highest BCUT2D eigenvalue weighted by atomic mass is 16.5. The zero-order valence-corrected chi connectivity index (χ0v) is 11.4. The van der Waals surface area contributed by atoms with Gasteiger partial charge < -0.3 is 14.6 Å². The lowest BCUT2D eigenvalue weighted by molar-refractivity contribution is 0.0779. The van der Waals surface area contributed by atoms with Crippen molar-refractivity contribution in [2.45, 2.75) is 32.4 Å². The van der Waals surface area contributed by atoms with Crippen LogP contribution in [0.25, 0.3) is 11.0 Å². The first-order valence-corrected chi connectivity index (χ1v) is 7.07. The van der Waals surface area contributed by atoms with E-state index in [0.29, 0.717) is 6.04 Å². The van der Waals surface area contributed by atoms with Crippen molar-refractivity contribution in [3.8, 4) is 0 Å². The molecule has 0 saturated carbocycles. The Kier molecular flexibility index (Phi) is 3.80. The van der Waals surface area contributed by atoms with Gasteiger partial charge in [0.15, 0.2) is 0 Å². The average molecular weight is 259 g/mol. The zero-order valence-electron chi connectivity index (χ0n) is 11.4. The van der Waals surface area contributed by atoms with Crippen LogP contribution in [0.2, 0.25) is 0 Å². The Hall–Kier alpha value is -1.39. The summed E-state index contributed by atoms with van der Waals surface area (Å²) < 4.78 is 7.67. The second-order valence-electron chi connectivity index (χ2n) is 5.14. The van der Waals surface area contributed by atoms with Gasteiger partial charge in [0.1, 0.15) is 5.82 Å². The van der Waals surface area contributed by atoms with Gasteiger partial charge in [0.25, 0.3) is 0 Å². The number of hydrogen-bond acceptors (Lipinski definition) is 3. The van der Waals surface area contributed by atoms with Crippen molar-refractivity contribution < 1.29 is 4.74 Å². The van der Waals surface area contributed by atoms with E-state index in [1.165, 1.54) is 5.52 Å². The molecule has 4 heteroatoms. The summed E-state index contributed by atoms with van der Waals surface area (Å²) in [5.74, 6) is 1.09. The van der Waals surface area contributed by atoms with Gasteiger partial charge in [-0.05, 0) is 31.9 Å². The highest BCUT2D eigenvalue weighted by molar-refractivity contribution is 5.75. The van der Waals surface area contributed by atoms with Crippen LogP contribution in [0.3, 0.4) is 0 Å². The van der Waals surface area contributed by atoms with E-state index in [0.717, 1.165) is 50.5 Å². The minimum absolute atomic E-state index is 0.615. The van der Waals surface area contributed by atoms with Gasteiger partial charge >= 0.3 is 0 Å². The highest BCUT2D eigenvalue weighted by Crippen LogP contribution is 2.15. The van der Waals surface area contributed by atoms with Crippen LogP contribution >= 0.6 is 0 Å². The molecule has 1 aliphatic rings. The Morgan fingerprint density at radius 1 is 1.32 bits per heavy atom. The number of hydrogen-bond donors (Lipinski definition) is 1. The summed E-state index contributed by atoms with van der Waals surface area (Å²) >= 11 is 0. The first kappa shape index (κ1) is 12.6. The SMILES string of the molecule is Cc1nc2ccccc2n1CCNC1CCOCC1. The Morgan fingerprint density at radius 3 is 2.95 bits per heavy atom. The van der Waals surface area contributed by atoms with Gasteiger partial charge in [0, 0.05) is 32.3 Å². The molecule has 1 aliphatic heterocycles. The Labute approximate surface area is 113 Å². The number of benzene rings is 1. The van der Waals surface area contributed by atoms with Crippen LogP contribution in [0.5, 0.6) is 0 Å². The Morgan fingerprint density at radius 2 is 2.11 bits per heavy atom. The third-order valence-electron chi connectivity index (χ3n) is 3.84. The molecule has 19 heavy (non-hydrogen) atoms. The van der Waals surface area contributed by atoms with E-state index >= 15 is 0 Å². The smallest absolute Gasteiger partial charge is 0.106 e. The number of para-hydroxylation sites is 2. The van der Waals surface area contributed by atoms with Crippen LogP contribution in [0, 0.1) is 6.92 Å². The number of fused-ring (bicyclic) bond motifs is 1. The molecule has 1 fully saturated rings. The quantitative estimate of drug-likeness (QED) is 0.914. The maximum atomic E-state index is 5.37. The number of nitrogens with zero attached hydrogens (tertiary/aromatic N) is 2. The van der Waals surface area contributed by atoms with Gasteiger partial charge in [-0.3, -0.25) is 0 Å². The minimum atomic E-state index is 0.615. The van der Waals surface area contributed by atoms with Crippen molar-refractivity contribution in [2.75, 3.05) is 19.8 Å². The van der Waals surface area contributed by atoms with E-state index in [2.05, 4.69) is 40.0 Å². The largest absolute Gasteiger partial charge is 0.381 e. The van der Waals surface area contributed by atoms with Crippen LogP contribution in [0.1, 0.15) is 18.7 Å². The normalized spacial score (nSPS) is 17.1. The summed E-state index contributed by atoms with van der Waals surface area (Å²) in [6, 6.07) is 8.95. The number of imidazole rings is 1. The van der Waals surface area contributed by atoms with Gasteiger partial charge in [-0.1, -0.05) is 12.1 Å². The second-order valence-corrected chi connectivity index (χ2v) is 5.14. The predicted octanol–water partition coefficient (Wildman–Crippen LogP) is 2.11. The van der Waals surface area contributed by atoms with Crippen molar-refractivity contribution in [3.05, 3.63) is 30.1 Å². The van der Waals surface area contributed by atoms with Crippen LogP contribution < -0.4 is 5.32 Å². The molecule has 0 unspecified atom stereocenters. The molecular weight excluding hydrogens is 238 g/mol. The molecule has 0 amide bonds. The molecule has 1 aromatic heterocycles. The fourth-order valence-corrected chi connectivity index (χ4v) is 2.76. The van der Waals surface area contributed by atoms with Crippen molar-refractivity contribution in [1.82, 2.24) is 14.9 Å². The molecule has 102 valence electrons. The molecule has 1 N–H and O–H groups in total. The van der Waals surface area contributed by atoms with Gasteiger partial charge in [-0.15, -0.1) is 0 Å². The summed E-state index contributed by atoms with van der Waals surface area (Å²) in [6.07, 6.45) is 2.26. The van der Waals surface area contributed by atoms with Crippen molar-refractivity contribution in [1.29, 1.82) is 0 Å². The summed E-state index contributed by atoms with van der Waals surface area (Å²) in [7, 11) is 0. The first-order chi connectivity index (χ1) is 9.34. The van der Waals surface area contributed by atoms with E-state index in [9.17, 15) is 0 Å². The van der Waals surface area contributed by atoms with Gasteiger partial charge in [0.05, 0.1) is 11.0 Å². The van der Waals surface area contributed by atoms with E-state index < -0.39 is 0 Å². The van der Waals surface area contributed by atoms with Crippen LogP contribution in [-0.4, -0.2) is 35.4 Å². The maximum absolute atomic E-state index is 5.37. The second kappa shape index (κ2) is 5.72. The number of rotatable bonds is 4. The Balaban J connectivity index is 1.63. The number of ether oxygens (including phenoxy) is 1. The fourth-order valence-electron chi connectivity index (χ4n) is 2.76. The van der Waals surface area contributed by atoms with Gasteiger partial charge in [0.2, 0.25) is 0 Å². The predicted molar refractivity (Wildman–Crippen MR) is 76.3 cm³/mol. The molecule has 2 heterocycles. The van der Waals surface area contributed by atoms with Crippen LogP contribution in [0.4, 0.5) is 0 Å². The number of aryl methyl sites for hydroxylation is 1. The van der Waals surface area contributed by atoms with E-state index in [1.807, 2.05) is 6.07 Å². The van der Waals surface area contributed by atoms with Gasteiger partial charge in [-0.25, -0.2) is 4.98 Å². The monoisotopic (exact) mass is 259 g/mol. The van der Waals surface area contributed by atoms with E-state index in [4.69, 9.17) is 4.74 Å². The standard InChI is InChI=1S/C15H21N3O/c1-12-17-14-4-2-3-5-15(14)18(12)9-8-16-13-6-10-19-11-7-13/h2-5,13,16H,6-11H2,1H3. The lowest BCUT2D eigenvalue weighted by Crippen LogP contribution is -2.36. The molecule has 0 bridgehead atoms. The zero-order chi connectivity index (χ0) is 13.1. The topological polar surface area (TPSA) is 39.1 Å². The summed E-state index contributed by atoms with van der Waals surface area (Å²) in [5.41, 5.74) is 2.32. The summed E-state index contributed by atoms with van der Waals surface area (Å²) in [5, 5.41) is 3.62. The summed E-state index contributed by atoms with van der Waals surface area (Å²) in [6.45, 7) is 5.83. The average Bonchev–Trinajstić information content (AvgIpc) is 2.76. The molecular formula is C15H21N3O. The molecule has 0 spiro atoms. The lowest BCUT2D eigenvalue weighted by Gasteiger charge is -2.23. The molecule has 1 saturated heterocycles. The molecule has 0 aliphatic carbocycles. The number of aromatic nitrogens is 2.